The van der Waals surface area contributed by atoms with E-state index < -0.39 is 12.2 Å². The predicted molar refractivity (Wildman–Crippen MR) is 142 cm³/mol. The van der Waals surface area contributed by atoms with Gasteiger partial charge in [-0.1, -0.05) is 66.7 Å². The highest BCUT2D eigenvalue weighted by molar-refractivity contribution is 7.96. The average Bonchev–Trinajstić information content (AvgIpc) is 3.27. The molecule has 4 aromatic carbocycles. The molecule has 1 heterocycles. The zero-order valence-corrected chi connectivity index (χ0v) is 20.1. The zero-order chi connectivity index (χ0) is 24.3. The van der Waals surface area contributed by atoms with Gasteiger partial charge in [0.25, 0.3) is 11.6 Å². The van der Waals surface area contributed by atoms with Crippen LogP contribution in [0.25, 0.3) is 0 Å². The van der Waals surface area contributed by atoms with Gasteiger partial charge in [-0.25, -0.2) is 0 Å². The van der Waals surface area contributed by atoms with E-state index in [9.17, 15) is 14.9 Å². The van der Waals surface area contributed by atoms with Crippen molar-refractivity contribution in [2.45, 2.75) is 18.6 Å². The Morgan fingerprint density at radius 3 is 1.63 bits per heavy atom. The number of carbonyl (C=O) groups excluding carboxylic acids is 1. The van der Waals surface area contributed by atoms with Crippen molar-refractivity contribution in [1.82, 2.24) is 4.90 Å². The molecule has 1 fully saturated rings. The third-order valence-electron chi connectivity index (χ3n) is 6.75. The molecule has 174 valence electrons. The minimum Gasteiger partial charge on any atom is -0.335 e. The highest BCUT2D eigenvalue weighted by Gasteiger charge is 2.58. The molecule has 1 atom stereocenters. The fourth-order valence-electron chi connectivity index (χ4n) is 5.16. The van der Waals surface area contributed by atoms with Gasteiger partial charge in [-0.3, -0.25) is 14.9 Å². The summed E-state index contributed by atoms with van der Waals surface area (Å²) >= 11 is 0. The largest absolute Gasteiger partial charge is 0.335 e. The summed E-state index contributed by atoms with van der Waals surface area (Å²) in [5, 5.41) is 14.6. The lowest BCUT2D eigenvalue weighted by Crippen LogP contribution is -2.42. The quantitative estimate of drug-likeness (QED) is 0.219. The van der Waals surface area contributed by atoms with Gasteiger partial charge in [-0.05, 0) is 42.0 Å². The lowest BCUT2D eigenvalue weighted by molar-refractivity contribution is -0.384. The van der Waals surface area contributed by atoms with Crippen LogP contribution in [0.3, 0.4) is 0 Å². The molecule has 0 spiro atoms. The topological polar surface area (TPSA) is 63.5 Å². The van der Waals surface area contributed by atoms with Crippen molar-refractivity contribution in [3.05, 3.63) is 131 Å². The van der Waals surface area contributed by atoms with Crippen LogP contribution in [0.15, 0.2) is 115 Å². The number of nitrogens with zero attached hydrogens (tertiary/aromatic N) is 2. The minimum atomic E-state index is -2.30. The molecular formula is C29H26N2O3P+. The molecule has 1 unspecified atom stereocenters. The normalized spacial score (nSPS) is 15.8. The molecule has 6 heteroatoms. The fraction of sp³-hybridized carbons (Fsp3) is 0.138. The van der Waals surface area contributed by atoms with Gasteiger partial charge in [0.15, 0.2) is 5.66 Å². The summed E-state index contributed by atoms with van der Waals surface area (Å²) in [4.78, 5) is 26.6. The Labute approximate surface area is 205 Å². The Morgan fingerprint density at radius 1 is 0.743 bits per heavy atom. The van der Waals surface area contributed by atoms with E-state index in [2.05, 4.69) is 72.8 Å². The summed E-state index contributed by atoms with van der Waals surface area (Å²) in [7, 11) is -2.30. The summed E-state index contributed by atoms with van der Waals surface area (Å²) in [5.74, 6) is 0.147. The molecule has 0 saturated carbocycles. The van der Waals surface area contributed by atoms with Gasteiger partial charge >= 0.3 is 0 Å². The molecule has 5 nitrogen and oxygen atoms in total. The van der Waals surface area contributed by atoms with Gasteiger partial charge in [-0.2, -0.15) is 0 Å². The first-order valence-electron chi connectivity index (χ1n) is 11.7. The Bertz CT molecular complexity index is 1220. The molecule has 0 aliphatic carbocycles. The second-order valence-electron chi connectivity index (χ2n) is 8.72. The van der Waals surface area contributed by atoms with Crippen LogP contribution in [0.4, 0.5) is 5.69 Å². The van der Waals surface area contributed by atoms with Crippen molar-refractivity contribution in [3.8, 4) is 0 Å². The summed E-state index contributed by atoms with van der Waals surface area (Å²) < 4.78 is 0. The monoisotopic (exact) mass is 481 g/mol. The van der Waals surface area contributed by atoms with Crippen molar-refractivity contribution >= 4 is 34.8 Å². The highest BCUT2D eigenvalue weighted by atomic mass is 31.2. The number of nitro benzene ring substituents is 1. The molecule has 0 aromatic heterocycles. The number of amides is 1. The summed E-state index contributed by atoms with van der Waals surface area (Å²) in [6, 6.07) is 37.9. The first-order valence-corrected chi connectivity index (χ1v) is 13.5. The van der Waals surface area contributed by atoms with Gasteiger partial charge in [0.2, 0.25) is 0 Å². The predicted octanol–water partition coefficient (Wildman–Crippen LogP) is 4.69. The summed E-state index contributed by atoms with van der Waals surface area (Å²) in [6.45, 7) is 1.11. The molecular weight excluding hydrogens is 455 g/mol. The second kappa shape index (κ2) is 9.81. The molecule has 1 amide bonds. The van der Waals surface area contributed by atoms with Crippen molar-refractivity contribution < 1.29 is 9.72 Å². The molecule has 1 aliphatic heterocycles. The average molecular weight is 482 g/mol. The Kier molecular flexibility index (Phi) is 6.43. The Hall–Kier alpha value is -3.82. The van der Waals surface area contributed by atoms with Crippen LogP contribution in [0.1, 0.15) is 12.0 Å². The van der Waals surface area contributed by atoms with E-state index in [0.717, 1.165) is 12.0 Å². The number of hydrogen-bond donors (Lipinski definition) is 0. The van der Waals surface area contributed by atoms with Gasteiger partial charge in [0, 0.05) is 31.6 Å². The number of hydrogen-bond acceptors (Lipinski definition) is 3. The van der Waals surface area contributed by atoms with Gasteiger partial charge < -0.3 is 4.90 Å². The number of carbonyl (C=O) groups is 1. The van der Waals surface area contributed by atoms with E-state index in [4.69, 9.17) is 0 Å². The van der Waals surface area contributed by atoms with E-state index in [-0.39, 0.29) is 17.3 Å². The van der Waals surface area contributed by atoms with Crippen molar-refractivity contribution in [1.29, 1.82) is 0 Å². The van der Waals surface area contributed by atoms with Crippen LogP contribution >= 0.6 is 7.26 Å². The van der Waals surface area contributed by atoms with E-state index in [1.807, 2.05) is 23.1 Å². The maximum Gasteiger partial charge on any atom is 0.269 e. The minimum absolute atomic E-state index is 0.0570. The van der Waals surface area contributed by atoms with Crippen LogP contribution in [-0.4, -0.2) is 27.9 Å². The SMILES string of the molecule is O=C1C([P+](c2ccccc2)(c2ccccc2)c2ccccc2)CCN1Cc1ccc([N+](=O)[O-])cc1. The molecule has 0 radical (unpaired) electrons. The van der Waals surface area contributed by atoms with Crippen LogP contribution in [0.2, 0.25) is 0 Å². The number of benzene rings is 4. The Morgan fingerprint density at radius 2 is 1.20 bits per heavy atom. The van der Waals surface area contributed by atoms with E-state index in [1.54, 1.807) is 12.1 Å². The van der Waals surface area contributed by atoms with Gasteiger partial charge in [0.1, 0.15) is 23.2 Å². The molecule has 5 rings (SSSR count). The second-order valence-corrected chi connectivity index (χ2v) is 12.3. The van der Waals surface area contributed by atoms with E-state index in [0.29, 0.717) is 13.1 Å². The lowest BCUT2D eigenvalue weighted by atomic mass is 10.2. The number of likely N-dealkylation sites (tertiary alicyclic amines) is 1. The molecule has 1 aliphatic rings. The molecule has 0 bridgehead atoms. The molecule has 35 heavy (non-hydrogen) atoms. The van der Waals surface area contributed by atoms with Crippen molar-refractivity contribution in [2.75, 3.05) is 6.54 Å². The third-order valence-corrected chi connectivity index (χ3v) is 11.5. The number of non-ortho nitro benzene ring substituents is 1. The fourth-order valence-corrected chi connectivity index (χ4v) is 10.1. The van der Waals surface area contributed by atoms with E-state index >= 15 is 0 Å². The van der Waals surface area contributed by atoms with Crippen LogP contribution in [0.5, 0.6) is 0 Å². The maximum atomic E-state index is 14.1. The first-order chi connectivity index (χ1) is 17.1. The summed E-state index contributed by atoms with van der Waals surface area (Å²) in [6.07, 6.45) is 0.762. The third kappa shape index (κ3) is 4.24. The number of rotatable bonds is 7. The lowest BCUT2D eigenvalue weighted by Gasteiger charge is -2.32. The molecule has 1 saturated heterocycles. The van der Waals surface area contributed by atoms with Crippen molar-refractivity contribution in [2.24, 2.45) is 0 Å². The highest BCUT2D eigenvalue weighted by Crippen LogP contribution is 2.62. The van der Waals surface area contributed by atoms with Gasteiger partial charge in [0.05, 0.1) is 4.92 Å². The van der Waals surface area contributed by atoms with Crippen LogP contribution in [-0.2, 0) is 11.3 Å². The van der Waals surface area contributed by atoms with Crippen molar-refractivity contribution in [3.63, 3.8) is 0 Å². The molecule has 0 N–H and O–H groups in total. The zero-order valence-electron chi connectivity index (χ0n) is 19.2. The summed E-state index contributed by atoms with van der Waals surface area (Å²) in [5.41, 5.74) is 0.780. The smallest absolute Gasteiger partial charge is 0.269 e. The Balaban J connectivity index is 1.58. The van der Waals surface area contributed by atoms with Crippen LogP contribution < -0.4 is 15.9 Å². The van der Waals surface area contributed by atoms with Gasteiger partial charge in [-0.15, -0.1) is 0 Å². The first kappa shape index (κ1) is 22.9. The standard InChI is InChI=1S/C29H26N2O3P/c32-29-28(20-21-30(29)22-23-16-18-24(19-17-23)31(33)34)35(25-10-4-1-5-11-25,26-12-6-2-7-13-26)27-14-8-3-9-15-27/h1-19,28H,20-22H2/q+1. The van der Waals surface area contributed by atoms with E-state index in [1.165, 1.54) is 28.0 Å². The number of nitro groups is 1. The maximum absolute atomic E-state index is 14.1. The molecule has 4 aromatic rings. The van der Waals surface area contributed by atoms with Crippen LogP contribution in [0, 0.1) is 10.1 Å².